The molecule has 0 unspecified atom stereocenters. The summed E-state index contributed by atoms with van der Waals surface area (Å²) in [7, 11) is 0. The van der Waals surface area contributed by atoms with Crippen molar-refractivity contribution in [3.05, 3.63) is 53.5 Å². The molecule has 0 radical (unpaired) electrons. The lowest BCUT2D eigenvalue weighted by Gasteiger charge is -2.10. The molecule has 1 saturated carbocycles. The number of ether oxygens (including phenoxy) is 1. The molecule has 0 saturated heterocycles. The van der Waals surface area contributed by atoms with E-state index in [1.807, 2.05) is 24.3 Å². The number of carboxylic acid groups (broad SMARTS) is 1. The van der Waals surface area contributed by atoms with Gasteiger partial charge in [0, 0.05) is 6.07 Å². The van der Waals surface area contributed by atoms with Crippen LogP contribution in [0.3, 0.4) is 0 Å². The van der Waals surface area contributed by atoms with E-state index >= 15 is 0 Å². The molecule has 24 heavy (non-hydrogen) atoms. The van der Waals surface area contributed by atoms with E-state index in [-0.39, 0.29) is 22.8 Å². The molecule has 3 aromatic rings. The average Bonchev–Trinajstić information content (AvgIpc) is 3.34. The predicted octanol–water partition coefficient (Wildman–Crippen LogP) is 2.97. The van der Waals surface area contributed by atoms with Crippen LogP contribution < -0.4 is 4.74 Å². The lowest BCUT2D eigenvalue weighted by Crippen LogP contribution is -2.10. The summed E-state index contributed by atoms with van der Waals surface area (Å²) in [4.78, 5) is 15.8. The number of nitrogens with zero attached hydrogens (tertiary/aromatic N) is 4. The number of rotatable bonds is 4. The van der Waals surface area contributed by atoms with Gasteiger partial charge < -0.3 is 9.84 Å². The minimum Gasteiger partial charge on any atom is -0.476 e. The molecular weight excluding hydrogens is 308 g/mol. The number of hydrogen-bond acceptors (Lipinski definition) is 5. The van der Waals surface area contributed by atoms with Gasteiger partial charge in [0.25, 0.3) is 0 Å². The van der Waals surface area contributed by atoms with Crippen LogP contribution in [-0.2, 0) is 0 Å². The smallest absolute Gasteiger partial charge is 0.358 e. The van der Waals surface area contributed by atoms with E-state index in [4.69, 9.17) is 10.00 Å². The molecule has 0 amide bonds. The standard InChI is InChI=1S/C17H12N4O3/c18-8-12-7-15-19-9-14(16(17(22)23)21(15)20-12)24-13-3-1-2-11(6-13)10-4-5-10/h1-3,6-7,9-10H,4-5H2,(H,22,23). The van der Waals surface area contributed by atoms with Crippen LogP contribution in [-0.4, -0.2) is 25.7 Å². The first kappa shape index (κ1) is 14.2. The van der Waals surface area contributed by atoms with E-state index < -0.39 is 5.97 Å². The molecule has 7 heteroatoms. The SMILES string of the molecule is N#Cc1cc2ncc(Oc3cccc(C4CC4)c3)c(C(=O)O)n2n1. The highest BCUT2D eigenvalue weighted by atomic mass is 16.5. The molecule has 0 aliphatic heterocycles. The number of fused-ring (bicyclic) bond motifs is 1. The van der Waals surface area contributed by atoms with Crippen molar-refractivity contribution >= 4 is 11.6 Å². The van der Waals surface area contributed by atoms with Gasteiger partial charge in [-0.05, 0) is 36.5 Å². The first-order valence-electron chi connectivity index (χ1n) is 7.45. The van der Waals surface area contributed by atoms with Gasteiger partial charge in [0.15, 0.2) is 22.8 Å². The summed E-state index contributed by atoms with van der Waals surface area (Å²) in [6.07, 6.45) is 3.68. The summed E-state index contributed by atoms with van der Waals surface area (Å²) < 4.78 is 6.87. The Labute approximate surface area is 136 Å². The third-order valence-corrected chi connectivity index (χ3v) is 3.90. The maximum Gasteiger partial charge on any atom is 0.358 e. The molecule has 4 rings (SSSR count). The fourth-order valence-corrected chi connectivity index (χ4v) is 2.62. The van der Waals surface area contributed by atoms with Crippen molar-refractivity contribution in [1.29, 1.82) is 5.26 Å². The molecule has 1 aromatic carbocycles. The second-order valence-electron chi connectivity index (χ2n) is 5.64. The third-order valence-electron chi connectivity index (χ3n) is 3.90. The highest BCUT2D eigenvalue weighted by molar-refractivity contribution is 5.89. The number of hydrogen-bond donors (Lipinski definition) is 1. The van der Waals surface area contributed by atoms with Crippen molar-refractivity contribution in [2.45, 2.75) is 18.8 Å². The summed E-state index contributed by atoms with van der Waals surface area (Å²) in [5.74, 6) is -0.00742. The van der Waals surface area contributed by atoms with Gasteiger partial charge in [0.2, 0.25) is 0 Å². The highest BCUT2D eigenvalue weighted by Gasteiger charge is 2.24. The lowest BCUT2D eigenvalue weighted by molar-refractivity contribution is 0.0684. The molecule has 2 aromatic heterocycles. The Morgan fingerprint density at radius 1 is 1.38 bits per heavy atom. The van der Waals surface area contributed by atoms with E-state index in [1.165, 1.54) is 30.7 Å². The zero-order chi connectivity index (χ0) is 16.7. The Morgan fingerprint density at radius 3 is 2.92 bits per heavy atom. The van der Waals surface area contributed by atoms with Gasteiger partial charge in [-0.1, -0.05) is 12.1 Å². The molecule has 0 atom stereocenters. The van der Waals surface area contributed by atoms with Crippen molar-refractivity contribution in [2.24, 2.45) is 0 Å². The second-order valence-corrected chi connectivity index (χ2v) is 5.64. The Balaban J connectivity index is 1.78. The van der Waals surface area contributed by atoms with E-state index in [9.17, 15) is 9.90 Å². The summed E-state index contributed by atoms with van der Waals surface area (Å²) in [6.45, 7) is 0. The van der Waals surface area contributed by atoms with Gasteiger partial charge in [0.1, 0.15) is 11.8 Å². The maximum atomic E-state index is 11.7. The number of benzene rings is 1. The minimum absolute atomic E-state index is 0.0792. The van der Waals surface area contributed by atoms with Crippen LogP contribution in [0.5, 0.6) is 11.5 Å². The fraction of sp³-hybridized carbons (Fsp3) is 0.176. The Morgan fingerprint density at radius 2 is 2.21 bits per heavy atom. The van der Waals surface area contributed by atoms with Crippen molar-refractivity contribution in [3.63, 3.8) is 0 Å². The van der Waals surface area contributed by atoms with Gasteiger partial charge in [-0.2, -0.15) is 10.4 Å². The van der Waals surface area contributed by atoms with Gasteiger partial charge >= 0.3 is 5.97 Å². The van der Waals surface area contributed by atoms with Crippen molar-refractivity contribution in [2.75, 3.05) is 0 Å². The lowest BCUT2D eigenvalue weighted by atomic mass is 10.1. The molecule has 1 aliphatic rings. The van der Waals surface area contributed by atoms with Crippen molar-refractivity contribution in [1.82, 2.24) is 14.6 Å². The largest absolute Gasteiger partial charge is 0.476 e. The molecule has 1 fully saturated rings. The Hall–Kier alpha value is -3.40. The zero-order valence-electron chi connectivity index (χ0n) is 12.5. The summed E-state index contributed by atoms with van der Waals surface area (Å²) in [5, 5.41) is 22.4. The molecule has 0 spiro atoms. The summed E-state index contributed by atoms with van der Waals surface area (Å²) >= 11 is 0. The molecule has 1 N–H and O–H groups in total. The van der Waals surface area contributed by atoms with Crippen LogP contribution in [0.4, 0.5) is 0 Å². The molecular formula is C17H12N4O3. The second kappa shape index (κ2) is 5.35. The van der Waals surface area contributed by atoms with E-state index in [0.29, 0.717) is 11.7 Å². The van der Waals surface area contributed by atoms with Crippen LogP contribution in [0.1, 0.15) is 40.5 Å². The topological polar surface area (TPSA) is 101 Å². The van der Waals surface area contributed by atoms with E-state index in [2.05, 4.69) is 10.1 Å². The molecule has 0 bridgehead atoms. The number of aromatic nitrogens is 3. The first-order valence-corrected chi connectivity index (χ1v) is 7.45. The number of carbonyl (C=O) groups is 1. The summed E-state index contributed by atoms with van der Waals surface area (Å²) in [6, 6.07) is 10.9. The Kier molecular flexibility index (Phi) is 3.17. The van der Waals surface area contributed by atoms with Crippen LogP contribution in [0.2, 0.25) is 0 Å². The van der Waals surface area contributed by atoms with Gasteiger partial charge in [-0.3, -0.25) is 0 Å². The molecule has 1 aliphatic carbocycles. The molecule has 7 nitrogen and oxygen atoms in total. The third kappa shape index (κ3) is 2.44. The zero-order valence-corrected chi connectivity index (χ0v) is 12.5. The number of carboxylic acids is 1. The Bertz CT molecular complexity index is 999. The van der Waals surface area contributed by atoms with E-state index in [0.717, 1.165) is 4.52 Å². The quantitative estimate of drug-likeness (QED) is 0.793. The van der Waals surface area contributed by atoms with Crippen LogP contribution in [0, 0.1) is 11.3 Å². The molecule has 118 valence electrons. The normalized spacial score (nSPS) is 13.6. The van der Waals surface area contributed by atoms with Gasteiger partial charge in [-0.25, -0.2) is 14.3 Å². The van der Waals surface area contributed by atoms with Crippen LogP contribution >= 0.6 is 0 Å². The maximum absolute atomic E-state index is 11.7. The number of nitriles is 1. The van der Waals surface area contributed by atoms with Gasteiger partial charge in [0.05, 0.1) is 6.20 Å². The van der Waals surface area contributed by atoms with E-state index in [1.54, 1.807) is 6.07 Å². The monoisotopic (exact) mass is 320 g/mol. The first-order chi connectivity index (χ1) is 11.7. The minimum atomic E-state index is -1.21. The van der Waals surface area contributed by atoms with Crippen molar-refractivity contribution in [3.8, 4) is 17.6 Å². The summed E-state index contributed by atoms with van der Waals surface area (Å²) in [5.41, 5.74) is 1.39. The van der Waals surface area contributed by atoms with Crippen molar-refractivity contribution < 1.29 is 14.6 Å². The predicted molar refractivity (Wildman–Crippen MR) is 83.2 cm³/mol. The van der Waals surface area contributed by atoms with Gasteiger partial charge in [-0.15, -0.1) is 0 Å². The van der Waals surface area contributed by atoms with Crippen LogP contribution in [0.15, 0.2) is 36.5 Å². The average molecular weight is 320 g/mol. The molecule has 2 heterocycles. The number of aromatic carboxylic acids is 1. The highest BCUT2D eigenvalue weighted by Crippen LogP contribution is 2.41. The fourth-order valence-electron chi connectivity index (χ4n) is 2.62. The van der Waals surface area contributed by atoms with Crippen LogP contribution in [0.25, 0.3) is 5.65 Å².